The van der Waals surface area contributed by atoms with Gasteiger partial charge in [-0.25, -0.2) is 0 Å². The van der Waals surface area contributed by atoms with E-state index in [1.54, 1.807) is 0 Å². The highest BCUT2D eigenvalue weighted by molar-refractivity contribution is 5.27. The molecule has 3 nitrogen and oxygen atoms in total. The van der Waals surface area contributed by atoms with Crippen LogP contribution in [0.5, 0.6) is 5.75 Å². The summed E-state index contributed by atoms with van der Waals surface area (Å²) in [7, 11) is 2.12. The third-order valence-electron chi connectivity index (χ3n) is 3.27. The van der Waals surface area contributed by atoms with Crippen LogP contribution >= 0.6 is 0 Å². The third-order valence-corrected chi connectivity index (χ3v) is 3.27. The predicted molar refractivity (Wildman–Crippen MR) is 81.7 cm³/mol. The average Bonchev–Trinajstić information content (AvgIpc) is 2.40. The number of nitrogens with zero attached hydrogens (tertiary/aromatic N) is 1. The first-order valence-corrected chi connectivity index (χ1v) is 7.26. The Morgan fingerprint density at radius 3 is 2.47 bits per heavy atom. The second-order valence-corrected chi connectivity index (χ2v) is 5.24. The second-order valence-electron chi connectivity index (χ2n) is 5.24. The van der Waals surface area contributed by atoms with Crippen LogP contribution in [0.2, 0.25) is 0 Å². The molecule has 0 atom stereocenters. The summed E-state index contributed by atoms with van der Waals surface area (Å²) >= 11 is 0. The fourth-order valence-corrected chi connectivity index (χ4v) is 1.68. The Hall–Kier alpha value is -1.06. The van der Waals surface area contributed by atoms with E-state index in [2.05, 4.69) is 62.3 Å². The minimum Gasteiger partial charge on any atom is -0.492 e. The van der Waals surface area contributed by atoms with Gasteiger partial charge in [-0.3, -0.25) is 0 Å². The van der Waals surface area contributed by atoms with Crippen LogP contribution in [0, 0.1) is 0 Å². The first-order valence-electron chi connectivity index (χ1n) is 7.26. The van der Waals surface area contributed by atoms with E-state index in [1.165, 1.54) is 12.0 Å². The van der Waals surface area contributed by atoms with E-state index in [1.807, 2.05) is 0 Å². The number of nitrogens with one attached hydrogen (secondary N) is 1. The molecule has 0 fully saturated rings. The highest BCUT2D eigenvalue weighted by atomic mass is 16.5. The van der Waals surface area contributed by atoms with Crippen LogP contribution in [0.25, 0.3) is 0 Å². The van der Waals surface area contributed by atoms with Gasteiger partial charge in [0.15, 0.2) is 0 Å². The molecular weight excluding hydrogens is 236 g/mol. The van der Waals surface area contributed by atoms with Crippen LogP contribution in [0.3, 0.4) is 0 Å². The molecule has 0 saturated heterocycles. The largest absolute Gasteiger partial charge is 0.492 e. The number of hydrogen-bond acceptors (Lipinski definition) is 3. The van der Waals surface area contributed by atoms with Gasteiger partial charge in [-0.1, -0.05) is 19.1 Å². The van der Waals surface area contributed by atoms with E-state index in [0.717, 1.165) is 32.0 Å². The highest BCUT2D eigenvalue weighted by Gasteiger charge is 2.02. The van der Waals surface area contributed by atoms with Crippen molar-refractivity contribution in [2.24, 2.45) is 0 Å². The standard InChI is InChI=1S/C16H28N2O/c1-5-10-17-13-15-6-8-16(9-7-15)19-12-11-18(4)14(2)3/h6-9,14,17H,5,10-13H2,1-4H3. The van der Waals surface area contributed by atoms with Gasteiger partial charge in [0.05, 0.1) is 0 Å². The molecular formula is C16H28N2O. The molecule has 108 valence electrons. The number of ether oxygens (including phenoxy) is 1. The maximum Gasteiger partial charge on any atom is 0.119 e. The number of benzene rings is 1. The lowest BCUT2D eigenvalue weighted by atomic mass is 10.2. The summed E-state index contributed by atoms with van der Waals surface area (Å²) in [5, 5.41) is 3.39. The molecule has 0 aliphatic rings. The van der Waals surface area contributed by atoms with Crippen molar-refractivity contribution in [1.82, 2.24) is 10.2 Å². The van der Waals surface area contributed by atoms with E-state index < -0.39 is 0 Å². The maximum atomic E-state index is 5.75. The van der Waals surface area contributed by atoms with Crippen molar-refractivity contribution in [2.45, 2.75) is 39.8 Å². The molecule has 0 amide bonds. The Morgan fingerprint density at radius 2 is 1.89 bits per heavy atom. The van der Waals surface area contributed by atoms with Crippen molar-refractivity contribution < 1.29 is 4.74 Å². The summed E-state index contributed by atoms with van der Waals surface area (Å²) in [6, 6.07) is 8.93. The molecule has 3 heteroatoms. The zero-order valence-corrected chi connectivity index (χ0v) is 12.8. The van der Waals surface area contributed by atoms with Gasteiger partial charge in [-0.15, -0.1) is 0 Å². The Kier molecular flexibility index (Phi) is 7.53. The molecule has 1 aromatic carbocycles. The van der Waals surface area contributed by atoms with E-state index in [9.17, 15) is 0 Å². The molecule has 0 spiro atoms. The lowest BCUT2D eigenvalue weighted by molar-refractivity contribution is 0.208. The van der Waals surface area contributed by atoms with Gasteiger partial charge in [0, 0.05) is 19.1 Å². The monoisotopic (exact) mass is 264 g/mol. The lowest BCUT2D eigenvalue weighted by Crippen LogP contribution is -2.30. The van der Waals surface area contributed by atoms with Crippen molar-refractivity contribution in [3.8, 4) is 5.75 Å². The van der Waals surface area contributed by atoms with Crippen molar-refractivity contribution in [3.63, 3.8) is 0 Å². The quantitative estimate of drug-likeness (QED) is 0.694. The minimum absolute atomic E-state index is 0.565. The van der Waals surface area contributed by atoms with Crippen molar-refractivity contribution in [1.29, 1.82) is 0 Å². The number of likely N-dealkylation sites (N-methyl/N-ethyl adjacent to an activating group) is 1. The molecule has 0 aliphatic carbocycles. The van der Waals surface area contributed by atoms with Gasteiger partial charge in [0.25, 0.3) is 0 Å². The fourth-order valence-electron chi connectivity index (χ4n) is 1.68. The average molecular weight is 264 g/mol. The second kappa shape index (κ2) is 8.94. The highest BCUT2D eigenvalue weighted by Crippen LogP contribution is 2.12. The summed E-state index contributed by atoms with van der Waals surface area (Å²) in [4.78, 5) is 2.28. The SMILES string of the molecule is CCCNCc1ccc(OCCN(C)C(C)C)cc1. The Bertz CT molecular complexity index is 335. The molecule has 0 aliphatic heterocycles. The molecule has 0 heterocycles. The molecule has 1 rings (SSSR count). The zero-order valence-electron chi connectivity index (χ0n) is 12.8. The van der Waals surface area contributed by atoms with Crippen LogP contribution < -0.4 is 10.1 Å². The summed E-state index contributed by atoms with van der Waals surface area (Å²) < 4.78 is 5.75. The van der Waals surface area contributed by atoms with E-state index in [-0.39, 0.29) is 0 Å². The van der Waals surface area contributed by atoms with Gasteiger partial charge in [0.2, 0.25) is 0 Å². The third kappa shape index (κ3) is 6.60. The summed E-state index contributed by atoms with van der Waals surface area (Å²) in [5.41, 5.74) is 1.31. The van der Waals surface area contributed by atoms with Crippen LogP contribution in [-0.2, 0) is 6.54 Å². The normalized spacial score (nSPS) is 11.3. The maximum absolute atomic E-state index is 5.75. The summed E-state index contributed by atoms with van der Waals surface area (Å²) in [6.07, 6.45) is 1.17. The van der Waals surface area contributed by atoms with Gasteiger partial charge in [-0.05, 0) is 51.6 Å². The van der Waals surface area contributed by atoms with E-state index in [0.29, 0.717) is 6.04 Å². The van der Waals surface area contributed by atoms with Gasteiger partial charge in [-0.2, -0.15) is 0 Å². The summed E-state index contributed by atoms with van der Waals surface area (Å²) in [5.74, 6) is 0.955. The fraction of sp³-hybridized carbons (Fsp3) is 0.625. The Morgan fingerprint density at radius 1 is 1.21 bits per heavy atom. The van der Waals surface area contributed by atoms with Gasteiger partial charge in [0.1, 0.15) is 12.4 Å². The molecule has 0 saturated carbocycles. The van der Waals surface area contributed by atoms with Gasteiger partial charge < -0.3 is 15.0 Å². The molecule has 19 heavy (non-hydrogen) atoms. The van der Waals surface area contributed by atoms with Gasteiger partial charge >= 0.3 is 0 Å². The van der Waals surface area contributed by atoms with Crippen molar-refractivity contribution >= 4 is 0 Å². The molecule has 0 radical (unpaired) electrons. The van der Waals surface area contributed by atoms with E-state index in [4.69, 9.17) is 4.74 Å². The predicted octanol–water partition coefficient (Wildman–Crippen LogP) is 2.91. The molecule has 1 aromatic rings. The molecule has 0 bridgehead atoms. The molecule has 0 aromatic heterocycles. The smallest absolute Gasteiger partial charge is 0.119 e. The Labute approximate surface area is 118 Å². The lowest BCUT2D eigenvalue weighted by Gasteiger charge is -2.20. The number of hydrogen-bond donors (Lipinski definition) is 1. The zero-order chi connectivity index (χ0) is 14.1. The van der Waals surface area contributed by atoms with E-state index >= 15 is 0 Å². The first kappa shape index (κ1) is 16.0. The van der Waals surface area contributed by atoms with Crippen LogP contribution in [0.4, 0.5) is 0 Å². The summed E-state index contributed by atoms with van der Waals surface area (Å²) in [6.45, 7) is 10.3. The topological polar surface area (TPSA) is 24.5 Å². The molecule has 0 unspecified atom stereocenters. The number of rotatable bonds is 9. The van der Waals surface area contributed by atoms with Crippen LogP contribution in [-0.4, -0.2) is 37.7 Å². The van der Waals surface area contributed by atoms with Crippen molar-refractivity contribution in [2.75, 3.05) is 26.7 Å². The van der Waals surface area contributed by atoms with Crippen molar-refractivity contribution in [3.05, 3.63) is 29.8 Å². The molecule has 1 N–H and O–H groups in total. The Balaban J connectivity index is 2.28. The van der Waals surface area contributed by atoms with Crippen LogP contribution in [0.15, 0.2) is 24.3 Å². The van der Waals surface area contributed by atoms with Crippen LogP contribution in [0.1, 0.15) is 32.8 Å². The minimum atomic E-state index is 0.565. The first-order chi connectivity index (χ1) is 9.13.